The minimum Gasteiger partial charge on any atom is -0.445 e. The highest BCUT2D eigenvalue weighted by Gasteiger charge is 2.13. The van der Waals surface area contributed by atoms with Gasteiger partial charge in [0.25, 0.3) is 0 Å². The molecule has 1 amide bonds. The number of carbonyl (C=O) groups excluding carboxylic acids is 1. The molecule has 0 bridgehead atoms. The third-order valence-electron chi connectivity index (χ3n) is 3.39. The SMILES string of the molecule is O=C(NC(CO)CCc1ccncc1)OCc1ccccc1F. The Kier molecular flexibility index (Phi) is 6.50. The Bertz CT molecular complexity index is 622. The van der Waals surface area contributed by atoms with Gasteiger partial charge >= 0.3 is 6.09 Å². The summed E-state index contributed by atoms with van der Waals surface area (Å²) in [5.41, 5.74) is 1.37. The number of hydrogen-bond acceptors (Lipinski definition) is 4. The molecule has 6 heteroatoms. The summed E-state index contributed by atoms with van der Waals surface area (Å²) in [6.45, 7) is -0.346. The average Bonchev–Trinajstić information content (AvgIpc) is 2.58. The van der Waals surface area contributed by atoms with E-state index < -0.39 is 18.0 Å². The summed E-state index contributed by atoms with van der Waals surface area (Å²) >= 11 is 0. The molecule has 0 saturated heterocycles. The second kappa shape index (κ2) is 8.85. The smallest absolute Gasteiger partial charge is 0.407 e. The first kappa shape index (κ1) is 16.9. The van der Waals surface area contributed by atoms with Crippen LogP contribution < -0.4 is 5.32 Å². The van der Waals surface area contributed by atoms with E-state index in [4.69, 9.17) is 4.74 Å². The van der Waals surface area contributed by atoms with Gasteiger partial charge in [-0.2, -0.15) is 0 Å². The standard InChI is InChI=1S/C17H19FN2O3/c18-16-4-2-1-3-14(16)12-23-17(22)20-15(11-21)6-5-13-7-9-19-10-8-13/h1-4,7-10,15,21H,5-6,11-12H2,(H,20,22). The van der Waals surface area contributed by atoms with Crippen LogP contribution in [-0.2, 0) is 17.8 Å². The van der Waals surface area contributed by atoms with Crippen molar-refractivity contribution in [1.29, 1.82) is 0 Å². The lowest BCUT2D eigenvalue weighted by Gasteiger charge is -2.16. The monoisotopic (exact) mass is 318 g/mol. The number of aryl methyl sites for hydroxylation is 1. The molecule has 1 heterocycles. The minimum atomic E-state index is -0.679. The highest BCUT2D eigenvalue weighted by molar-refractivity contribution is 5.67. The van der Waals surface area contributed by atoms with Crippen molar-refractivity contribution >= 4 is 6.09 Å². The van der Waals surface area contributed by atoms with Crippen molar-refractivity contribution in [1.82, 2.24) is 10.3 Å². The molecule has 2 aromatic rings. The predicted octanol–water partition coefficient (Wildman–Crippen LogP) is 2.44. The van der Waals surface area contributed by atoms with Crippen molar-refractivity contribution in [2.24, 2.45) is 0 Å². The van der Waals surface area contributed by atoms with Crippen LogP contribution in [-0.4, -0.2) is 28.8 Å². The molecule has 0 fully saturated rings. The third-order valence-corrected chi connectivity index (χ3v) is 3.39. The van der Waals surface area contributed by atoms with Gasteiger partial charge in [-0.3, -0.25) is 4.98 Å². The maximum absolute atomic E-state index is 13.4. The van der Waals surface area contributed by atoms with Crippen molar-refractivity contribution < 1.29 is 19.0 Å². The van der Waals surface area contributed by atoms with Crippen molar-refractivity contribution in [3.8, 4) is 0 Å². The fourth-order valence-corrected chi connectivity index (χ4v) is 2.07. The van der Waals surface area contributed by atoms with Crippen LogP contribution in [0.25, 0.3) is 0 Å². The lowest BCUT2D eigenvalue weighted by atomic mass is 10.1. The molecule has 2 rings (SSSR count). The van der Waals surface area contributed by atoms with Crippen LogP contribution in [0.15, 0.2) is 48.8 Å². The van der Waals surface area contributed by atoms with E-state index in [1.165, 1.54) is 6.07 Å². The number of aliphatic hydroxyl groups excluding tert-OH is 1. The van der Waals surface area contributed by atoms with Crippen LogP contribution in [0.2, 0.25) is 0 Å². The summed E-state index contributed by atoms with van der Waals surface area (Å²) in [6.07, 6.45) is 3.97. The number of nitrogens with zero attached hydrogens (tertiary/aromatic N) is 1. The van der Waals surface area contributed by atoms with Crippen molar-refractivity contribution in [2.45, 2.75) is 25.5 Å². The molecule has 0 saturated carbocycles. The van der Waals surface area contributed by atoms with Gasteiger partial charge in [0.1, 0.15) is 12.4 Å². The number of carbonyl (C=O) groups is 1. The van der Waals surface area contributed by atoms with E-state index >= 15 is 0 Å². The second-order valence-corrected chi connectivity index (χ2v) is 5.09. The van der Waals surface area contributed by atoms with Crippen LogP contribution in [0, 0.1) is 5.82 Å². The topological polar surface area (TPSA) is 71.5 Å². The quantitative estimate of drug-likeness (QED) is 0.822. The van der Waals surface area contributed by atoms with E-state index in [1.807, 2.05) is 12.1 Å². The maximum atomic E-state index is 13.4. The molecule has 122 valence electrons. The number of ether oxygens (including phenoxy) is 1. The zero-order valence-electron chi connectivity index (χ0n) is 12.6. The summed E-state index contributed by atoms with van der Waals surface area (Å²) in [4.78, 5) is 15.7. The highest BCUT2D eigenvalue weighted by atomic mass is 19.1. The van der Waals surface area contributed by atoms with E-state index in [-0.39, 0.29) is 13.2 Å². The molecule has 1 unspecified atom stereocenters. The number of alkyl carbamates (subject to hydrolysis) is 1. The van der Waals surface area contributed by atoms with Crippen LogP contribution in [0.4, 0.5) is 9.18 Å². The zero-order chi connectivity index (χ0) is 16.5. The number of benzene rings is 1. The number of amides is 1. The van der Waals surface area contributed by atoms with E-state index in [0.717, 1.165) is 5.56 Å². The van der Waals surface area contributed by atoms with Gasteiger partial charge in [0, 0.05) is 18.0 Å². The fourth-order valence-electron chi connectivity index (χ4n) is 2.07. The molecule has 5 nitrogen and oxygen atoms in total. The van der Waals surface area contributed by atoms with Crippen LogP contribution >= 0.6 is 0 Å². The van der Waals surface area contributed by atoms with Crippen molar-refractivity contribution in [2.75, 3.05) is 6.61 Å². The molecule has 0 aliphatic carbocycles. The van der Waals surface area contributed by atoms with Gasteiger partial charge in [-0.1, -0.05) is 18.2 Å². The first-order valence-corrected chi connectivity index (χ1v) is 7.35. The van der Waals surface area contributed by atoms with Crippen molar-refractivity contribution in [3.63, 3.8) is 0 Å². The van der Waals surface area contributed by atoms with E-state index in [1.54, 1.807) is 30.6 Å². The molecule has 1 atom stereocenters. The van der Waals surface area contributed by atoms with Gasteiger partial charge in [0.15, 0.2) is 0 Å². The average molecular weight is 318 g/mol. The van der Waals surface area contributed by atoms with Gasteiger partial charge in [0.05, 0.1) is 12.6 Å². The first-order chi connectivity index (χ1) is 11.2. The number of halogens is 1. The maximum Gasteiger partial charge on any atom is 0.407 e. The molecule has 0 aliphatic rings. The summed E-state index contributed by atoms with van der Waals surface area (Å²) in [5.74, 6) is -0.420. The normalized spacial score (nSPS) is 11.7. The molecule has 1 aromatic carbocycles. The zero-order valence-corrected chi connectivity index (χ0v) is 12.6. The summed E-state index contributed by atoms with van der Waals surface area (Å²) < 4.78 is 18.4. The minimum absolute atomic E-state index is 0.152. The number of aromatic nitrogens is 1. The summed E-state index contributed by atoms with van der Waals surface area (Å²) in [7, 11) is 0. The highest BCUT2D eigenvalue weighted by Crippen LogP contribution is 2.08. The Morgan fingerprint density at radius 3 is 2.70 bits per heavy atom. The number of pyridine rings is 1. The van der Waals surface area contributed by atoms with Crippen LogP contribution in [0.1, 0.15) is 17.5 Å². The second-order valence-electron chi connectivity index (χ2n) is 5.09. The number of aliphatic hydroxyl groups is 1. The molecule has 2 N–H and O–H groups in total. The molecule has 0 spiro atoms. The number of nitrogens with one attached hydrogen (secondary N) is 1. The lowest BCUT2D eigenvalue weighted by molar-refractivity contribution is 0.127. The number of rotatable bonds is 7. The fraction of sp³-hybridized carbons (Fsp3) is 0.294. The summed E-state index contributed by atoms with van der Waals surface area (Å²) in [5, 5.41) is 11.9. The number of hydrogen-bond donors (Lipinski definition) is 2. The Morgan fingerprint density at radius 1 is 1.26 bits per heavy atom. The molecular weight excluding hydrogens is 299 g/mol. The van der Waals surface area contributed by atoms with E-state index in [0.29, 0.717) is 18.4 Å². The molecule has 23 heavy (non-hydrogen) atoms. The summed E-state index contributed by atoms with van der Waals surface area (Å²) in [6, 6.07) is 9.44. The van der Waals surface area contributed by atoms with Crippen molar-refractivity contribution in [3.05, 3.63) is 65.7 Å². The van der Waals surface area contributed by atoms with Gasteiger partial charge < -0.3 is 15.2 Å². The largest absolute Gasteiger partial charge is 0.445 e. The third kappa shape index (κ3) is 5.67. The van der Waals surface area contributed by atoms with Gasteiger partial charge in [0.2, 0.25) is 0 Å². The molecular formula is C17H19FN2O3. The van der Waals surface area contributed by atoms with Gasteiger partial charge in [-0.25, -0.2) is 9.18 Å². The Balaban J connectivity index is 1.77. The molecule has 0 aliphatic heterocycles. The van der Waals surface area contributed by atoms with Crippen LogP contribution in [0.3, 0.4) is 0 Å². The van der Waals surface area contributed by atoms with Crippen LogP contribution in [0.5, 0.6) is 0 Å². The Labute approximate surface area is 134 Å². The lowest BCUT2D eigenvalue weighted by Crippen LogP contribution is -2.38. The van der Waals surface area contributed by atoms with Gasteiger partial charge in [-0.15, -0.1) is 0 Å². The predicted molar refractivity (Wildman–Crippen MR) is 83.2 cm³/mol. The van der Waals surface area contributed by atoms with E-state index in [9.17, 15) is 14.3 Å². The Hall–Kier alpha value is -2.47. The van der Waals surface area contributed by atoms with E-state index in [2.05, 4.69) is 10.3 Å². The first-order valence-electron chi connectivity index (χ1n) is 7.35. The van der Waals surface area contributed by atoms with Gasteiger partial charge in [-0.05, 0) is 36.6 Å². The Morgan fingerprint density at radius 2 is 2.00 bits per heavy atom. The molecule has 1 aromatic heterocycles. The molecule has 0 radical (unpaired) electrons.